The van der Waals surface area contributed by atoms with Crippen LogP contribution in [0.25, 0.3) is 22.2 Å². The first kappa shape index (κ1) is 25.5. The number of anilines is 2. The molecule has 1 unspecified atom stereocenters. The molecule has 4 heterocycles. The molecular weight excluding hydrogens is 478 g/mol. The monoisotopic (exact) mass is 511 g/mol. The Balaban J connectivity index is 1.34. The molecule has 1 aliphatic heterocycles. The van der Waals surface area contributed by atoms with E-state index in [-0.39, 0.29) is 11.8 Å². The topological polar surface area (TPSA) is 105 Å². The Bertz CT molecular complexity index is 1440. The number of aromatic nitrogens is 4. The molecule has 4 aromatic rings. The van der Waals surface area contributed by atoms with Crippen LogP contribution in [0.15, 0.2) is 55.1 Å². The summed E-state index contributed by atoms with van der Waals surface area (Å²) in [6.07, 6.45) is 6.07. The van der Waals surface area contributed by atoms with E-state index in [1.54, 1.807) is 25.6 Å². The molecule has 196 valence electrons. The Morgan fingerprint density at radius 3 is 2.71 bits per heavy atom. The number of nitrogens with zero attached hydrogens (tertiary/aromatic N) is 5. The number of amides is 1. The van der Waals surface area contributed by atoms with Gasteiger partial charge in [0, 0.05) is 62.0 Å². The first-order valence-corrected chi connectivity index (χ1v) is 13.0. The number of fused-ring (bicyclic) bond motifs is 1. The van der Waals surface area contributed by atoms with Gasteiger partial charge in [-0.3, -0.25) is 9.78 Å². The Morgan fingerprint density at radius 2 is 1.95 bits per heavy atom. The second kappa shape index (κ2) is 11.5. The summed E-state index contributed by atoms with van der Waals surface area (Å²) in [5, 5.41) is 7.07. The fourth-order valence-electron chi connectivity index (χ4n) is 4.99. The first-order chi connectivity index (χ1) is 18.6. The molecule has 1 amide bonds. The van der Waals surface area contributed by atoms with Crippen molar-refractivity contribution in [3.63, 3.8) is 0 Å². The lowest BCUT2D eigenvalue weighted by Gasteiger charge is -2.29. The summed E-state index contributed by atoms with van der Waals surface area (Å²) >= 11 is 0. The molecule has 1 aliphatic rings. The summed E-state index contributed by atoms with van der Waals surface area (Å²) < 4.78 is 5.47. The van der Waals surface area contributed by atoms with Crippen molar-refractivity contribution < 1.29 is 9.53 Å². The maximum atomic E-state index is 12.4. The van der Waals surface area contributed by atoms with Gasteiger partial charge in [-0.2, -0.15) is 0 Å². The van der Waals surface area contributed by atoms with E-state index in [0.29, 0.717) is 12.1 Å². The SMILES string of the molecule is CCC(CNc1cc(-c2cnc(N3CCOCC3)c(C)c2)ncn1)c1cccc2c(C(=O)NC)ccnc12. The predicted octanol–water partition coefficient (Wildman–Crippen LogP) is 4.20. The molecule has 0 aliphatic carbocycles. The van der Waals surface area contributed by atoms with Crippen LogP contribution in [0.2, 0.25) is 0 Å². The molecule has 2 N–H and O–H groups in total. The van der Waals surface area contributed by atoms with E-state index in [9.17, 15) is 4.79 Å². The number of hydrogen-bond donors (Lipinski definition) is 2. The van der Waals surface area contributed by atoms with Crippen LogP contribution in [0, 0.1) is 6.92 Å². The normalized spacial score (nSPS) is 14.3. The van der Waals surface area contributed by atoms with E-state index < -0.39 is 0 Å². The lowest BCUT2D eigenvalue weighted by molar-refractivity contribution is 0.0964. The molecule has 1 aromatic carbocycles. The molecule has 1 atom stereocenters. The molecule has 38 heavy (non-hydrogen) atoms. The molecule has 5 rings (SSSR count). The van der Waals surface area contributed by atoms with Gasteiger partial charge in [0.1, 0.15) is 18.0 Å². The minimum atomic E-state index is -0.114. The predicted molar refractivity (Wildman–Crippen MR) is 150 cm³/mol. The fourth-order valence-corrected chi connectivity index (χ4v) is 4.99. The number of rotatable bonds is 8. The van der Waals surface area contributed by atoms with Gasteiger partial charge in [-0.25, -0.2) is 15.0 Å². The number of carbonyl (C=O) groups excluding carboxylic acids is 1. The second-order valence-corrected chi connectivity index (χ2v) is 9.42. The van der Waals surface area contributed by atoms with E-state index >= 15 is 0 Å². The molecule has 0 saturated carbocycles. The molecule has 0 bridgehead atoms. The van der Waals surface area contributed by atoms with E-state index in [4.69, 9.17) is 9.72 Å². The van der Waals surface area contributed by atoms with Gasteiger partial charge in [-0.05, 0) is 36.6 Å². The van der Waals surface area contributed by atoms with Gasteiger partial charge in [0.25, 0.3) is 5.91 Å². The maximum absolute atomic E-state index is 12.4. The van der Waals surface area contributed by atoms with Crippen molar-refractivity contribution in [1.29, 1.82) is 0 Å². The highest BCUT2D eigenvalue weighted by Crippen LogP contribution is 2.29. The third-order valence-corrected chi connectivity index (χ3v) is 7.06. The Kier molecular flexibility index (Phi) is 7.74. The number of benzene rings is 1. The summed E-state index contributed by atoms with van der Waals surface area (Å²) in [6, 6.07) is 11.9. The molecular formula is C29H33N7O2. The lowest BCUT2D eigenvalue weighted by Crippen LogP contribution is -2.37. The molecule has 9 heteroatoms. The number of para-hydroxylation sites is 1. The smallest absolute Gasteiger partial charge is 0.251 e. The standard InChI is InChI=1S/C29H33N7O2/c1-4-20(22-6-5-7-23-24(29(37)30-3)8-9-31-27(22)23)16-32-26-15-25(34-18-35-26)21-14-19(2)28(33-17-21)36-10-12-38-13-11-36/h5-9,14-15,17-18,20H,4,10-13,16H2,1-3H3,(H,30,37)(H,32,34,35). The van der Waals surface area contributed by atoms with Crippen molar-refractivity contribution in [3.05, 3.63) is 71.8 Å². The third kappa shape index (κ3) is 5.28. The van der Waals surface area contributed by atoms with Crippen LogP contribution >= 0.6 is 0 Å². The van der Waals surface area contributed by atoms with Crippen molar-refractivity contribution in [1.82, 2.24) is 25.3 Å². The average molecular weight is 512 g/mol. The van der Waals surface area contributed by atoms with Crippen molar-refractivity contribution in [3.8, 4) is 11.3 Å². The highest BCUT2D eigenvalue weighted by molar-refractivity contribution is 6.06. The molecule has 3 aromatic heterocycles. The van der Waals surface area contributed by atoms with Gasteiger partial charge in [-0.1, -0.05) is 25.1 Å². The van der Waals surface area contributed by atoms with Crippen molar-refractivity contribution >= 4 is 28.4 Å². The number of pyridine rings is 2. The lowest BCUT2D eigenvalue weighted by atomic mass is 9.92. The largest absolute Gasteiger partial charge is 0.378 e. The van der Waals surface area contributed by atoms with E-state index in [2.05, 4.69) is 56.5 Å². The van der Waals surface area contributed by atoms with Crippen LogP contribution < -0.4 is 15.5 Å². The van der Waals surface area contributed by atoms with Gasteiger partial charge in [0.15, 0.2) is 0 Å². The summed E-state index contributed by atoms with van der Waals surface area (Å²) in [5.41, 5.74) is 5.48. The summed E-state index contributed by atoms with van der Waals surface area (Å²) in [5.74, 6) is 1.82. The minimum absolute atomic E-state index is 0.114. The Hall–Kier alpha value is -4.11. The van der Waals surface area contributed by atoms with Gasteiger partial charge < -0.3 is 20.3 Å². The Labute approximate surface area is 222 Å². The highest BCUT2D eigenvalue weighted by atomic mass is 16.5. The van der Waals surface area contributed by atoms with Gasteiger partial charge in [-0.15, -0.1) is 0 Å². The van der Waals surface area contributed by atoms with Crippen LogP contribution in [-0.4, -0.2) is 65.7 Å². The fraction of sp³-hybridized carbons (Fsp3) is 0.345. The quantitative estimate of drug-likeness (QED) is 0.363. The van der Waals surface area contributed by atoms with E-state index in [0.717, 1.165) is 77.6 Å². The average Bonchev–Trinajstić information content (AvgIpc) is 2.97. The van der Waals surface area contributed by atoms with E-state index in [1.807, 2.05) is 24.4 Å². The number of aryl methyl sites for hydroxylation is 1. The summed E-state index contributed by atoms with van der Waals surface area (Å²) in [4.78, 5) is 33.0. The highest BCUT2D eigenvalue weighted by Gasteiger charge is 2.18. The van der Waals surface area contributed by atoms with Crippen LogP contribution in [0.3, 0.4) is 0 Å². The van der Waals surface area contributed by atoms with Crippen LogP contribution in [0.1, 0.15) is 40.7 Å². The number of ether oxygens (including phenoxy) is 1. The summed E-state index contributed by atoms with van der Waals surface area (Å²) in [7, 11) is 1.64. The maximum Gasteiger partial charge on any atom is 0.251 e. The number of morpholine rings is 1. The number of nitrogens with one attached hydrogen (secondary N) is 2. The van der Waals surface area contributed by atoms with Crippen LogP contribution in [0.4, 0.5) is 11.6 Å². The second-order valence-electron chi connectivity index (χ2n) is 9.42. The Morgan fingerprint density at radius 1 is 1.11 bits per heavy atom. The first-order valence-electron chi connectivity index (χ1n) is 13.0. The molecule has 0 spiro atoms. The van der Waals surface area contributed by atoms with Crippen LogP contribution in [0.5, 0.6) is 0 Å². The molecule has 1 saturated heterocycles. The number of carbonyl (C=O) groups is 1. The van der Waals surface area contributed by atoms with Gasteiger partial charge in [0.2, 0.25) is 0 Å². The van der Waals surface area contributed by atoms with Crippen LogP contribution in [-0.2, 0) is 4.74 Å². The molecule has 1 fully saturated rings. The minimum Gasteiger partial charge on any atom is -0.378 e. The van der Waals surface area contributed by atoms with Crippen molar-refractivity contribution in [2.45, 2.75) is 26.2 Å². The zero-order valence-electron chi connectivity index (χ0n) is 22.1. The zero-order valence-corrected chi connectivity index (χ0v) is 22.1. The number of hydrogen-bond acceptors (Lipinski definition) is 8. The summed E-state index contributed by atoms with van der Waals surface area (Å²) in [6.45, 7) is 8.08. The van der Waals surface area contributed by atoms with Gasteiger partial charge in [0.05, 0.1) is 30.0 Å². The van der Waals surface area contributed by atoms with E-state index in [1.165, 1.54) is 0 Å². The zero-order chi connectivity index (χ0) is 26.5. The van der Waals surface area contributed by atoms with Crippen molar-refractivity contribution in [2.75, 3.05) is 50.1 Å². The van der Waals surface area contributed by atoms with Crippen molar-refractivity contribution in [2.24, 2.45) is 0 Å². The molecule has 9 nitrogen and oxygen atoms in total. The molecule has 0 radical (unpaired) electrons. The van der Waals surface area contributed by atoms with Gasteiger partial charge >= 0.3 is 0 Å². The third-order valence-electron chi connectivity index (χ3n) is 7.06.